The van der Waals surface area contributed by atoms with Crippen molar-refractivity contribution >= 4 is 28.3 Å². The van der Waals surface area contributed by atoms with Gasteiger partial charge < -0.3 is 10.4 Å². The Morgan fingerprint density at radius 1 is 1.55 bits per heavy atom. The summed E-state index contributed by atoms with van der Waals surface area (Å²) >= 11 is 1.40. The summed E-state index contributed by atoms with van der Waals surface area (Å²) < 4.78 is 0. The Kier molecular flexibility index (Phi) is 4.13. The topological polar surface area (TPSA) is 79.3 Å². The van der Waals surface area contributed by atoms with Gasteiger partial charge in [0.25, 0.3) is 0 Å². The van der Waals surface area contributed by atoms with Crippen LogP contribution in [0.2, 0.25) is 0 Å². The van der Waals surface area contributed by atoms with Crippen molar-refractivity contribution in [1.82, 2.24) is 4.98 Å². The third-order valence-electron chi connectivity index (χ3n) is 4.05. The highest BCUT2D eigenvalue weighted by Crippen LogP contribution is 2.41. The zero-order valence-electron chi connectivity index (χ0n) is 12.0. The van der Waals surface area contributed by atoms with Crippen molar-refractivity contribution in [2.45, 2.75) is 46.0 Å². The maximum Gasteiger partial charge on any atom is 0.310 e. The first-order valence-corrected chi connectivity index (χ1v) is 7.69. The number of carbonyl (C=O) groups is 2. The molecule has 2 N–H and O–H groups in total. The molecule has 0 bridgehead atoms. The normalized spacial score (nSPS) is 17.8. The number of aromatic nitrogens is 1. The minimum atomic E-state index is -1.05. The van der Waals surface area contributed by atoms with Crippen molar-refractivity contribution in [3.05, 3.63) is 11.1 Å². The van der Waals surface area contributed by atoms with E-state index in [0.29, 0.717) is 11.0 Å². The molecule has 1 atom stereocenters. The second-order valence-electron chi connectivity index (χ2n) is 5.95. The summed E-state index contributed by atoms with van der Waals surface area (Å²) in [6.07, 6.45) is 2.29. The highest BCUT2D eigenvalue weighted by Gasteiger charge is 2.39. The number of carboxylic acids is 1. The number of hydrogen-bond acceptors (Lipinski definition) is 4. The van der Waals surface area contributed by atoms with Crippen LogP contribution < -0.4 is 5.32 Å². The van der Waals surface area contributed by atoms with Crippen LogP contribution in [0.5, 0.6) is 0 Å². The molecule has 0 radical (unpaired) electrons. The van der Waals surface area contributed by atoms with Crippen LogP contribution in [-0.2, 0) is 9.59 Å². The quantitative estimate of drug-likeness (QED) is 0.845. The molecule has 0 aliphatic heterocycles. The summed E-state index contributed by atoms with van der Waals surface area (Å²) in [4.78, 5) is 27.8. The van der Waals surface area contributed by atoms with E-state index in [4.69, 9.17) is 0 Å². The predicted octanol–water partition coefficient (Wildman–Crippen LogP) is 3.10. The number of carboxylic acid groups (broad SMARTS) is 1. The molecule has 1 aromatic rings. The average Bonchev–Trinajstić information content (AvgIpc) is 3.10. The van der Waals surface area contributed by atoms with Crippen molar-refractivity contribution < 1.29 is 14.7 Å². The Labute approximate surface area is 122 Å². The monoisotopic (exact) mass is 296 g/mol. The van der Waals surface area contributed by atoms with Crippen molar-refractivity contribution in [2.75, 3.05) is 5.32 Å². The van der Waals surface area contributed by atoms with E-state index >= 15 is 0 Å². The van der Waals surface area contributed by atoms with Gasteiger partial charge in [-0.3, -0.25) is 9.59 Å². The summed E-state index contributed by atoms with van der Waals surface area (Å²) in [6.45, 7) is 5.24. The van der Waals surface area contributed by atoms with Gasteiger partial charge in [0, 0.05) is 17.7 Å². The molecule has 6 heteroatoms. The zero-order chi connectivity index (χ0) is 14.9. The minimum Gasteiger partial charge on any atom is -0.481 e. The second kappa shape index (κ2) is 5.52. The predicted molar refractivity (Wildman–Crippen MR) is 77.9 cm³/mol. The SMILES string of the molecule is CC(C)C(C)(CC(=O)Nc1nc(C2CC2)cs1)C(=O)O. The smallest absolute Gasteiger partial charge is 0.310 e. The van der Waals surface area contributed by atoms with Crippen molar-refractivity contribution in [3.8, 4) is 0 Å². The standard InChI is InChI=1S/C14H20N2O3S/c1-8(2)14(3,12(18)19)6-11(17)16-13-15-10(7-20-13)9-4-5-9/h7-9H,4-6H2,1-3H3,(H,18,19)(H,15,16,17). The van der Waals surface area contributed by atoms with Gasteiger partial charge in [0.15, 0.2) is 5.13 Å². The van der Waals surface area contributed by atoms with E-state index in [-0.39, 0.29) is 18.2 Å². The van der Waals surface area contributed by atoms with Gasteiger partial charge in [-0.25, -0.2) is 4.98 Å². The lowest BCUT2D eigenvalue weighted by Gasteiger charge is -2.28. The molecule has 0 spiro atoms. The molecule has 20 heavy (non-hydrogen) atoms. The number of aliphatic carboxylic acids is 1. The highest BCUT2D eigenvalue weighted by molar-refractivity contribution is 7.13. The van der Waals surface area contributed by atoms with Crippen LogP contribution in [0, 0.1) is 11.3 Å². The Morgan fingerprint density at radius 2 is 2.20 bits per heavy atom. The Hall–Kier alpha value is -1.43. The van der Waals surface area contributed by atoms with Crippen LogP contribution in [0.1, 0.15) is 51.6 Å². The minimum absolute atomic E-state index is 0.0433. The van der Waals surface area contributed by atoms with Gasteiger partial charge in [-0.2, -0.15) is 0 Å². The van der Waals surface area contributed by atoms with E-state index in [1.54, 1.807) is 6.92 Å². The largest absolute Gasteiger partial charge is 0.481 e. The van der Waals surface area contributed by atoms with Gasteiger partial charge in [0.1, 0.15) is 0 Å². The van der Waals surface area contributed by atoms with Crippen molar-refractivity contribution in [2.24, 2.45) is 11.3 Å². The molecular formula is C14H20N2O3S. The average molecular weight is 296 g/mol. The molecule has 1 aromatic heterocycles. The molecule has 0 aromatic carbocycles. The van der Waals surface area contributed by atoms with Crippen LogP contribution >= 0.6 is 11.3 Å². The maximum absolute atomic E-state index is 12.0. The fourth-order valence-electron chi connectivity index (χ4n) is 1.93. The van der Waals surface area contributed by atoms with E-state index in [0.717, 1.165) is 5.69 Å². The molecule has 2 rings (SSSR count). The van der Waals surface area contributed by atoms with Crippen molar-refractivity contribution in [1.29, 1.82) is 0 Å². The van der Waals surface area contributed by atoms with E-state index in [1.165, 1.54) is 24.2 Å². The van der Waals surface area contributed by atoms with Gasteiger partial charge in [-0.05, 0) is 25.7 Å². The molecule has 1 unspecified atom stereocenters. The molecule has 1 amide bonds. The van der Waals surface area contributed by atoms with Crippen molar-refractivity contribution in [3.63, 3.8) is 0 Å². The summed E-state index contributed by atoms with van der Waals surface area (Å²) in [7, 11) is 0. The van der Waals surface area contributed by atoms with Gasteiger partial charge in [-0.15, -0.1) is 11.3 Å². The molecule has 0 saturated heterocycles. The fourth-order valence-corrected chi connectivity index (χ4v) is 2.74. The number of carbonyl (C=O) groups excluding carboxylic acids is 1. The number of anilines is 1. The van der Waals surface area contributed by atoms with Gasteiger partial charge >= 0.3 is 5.97 Å². The maximum atomic E-state index is 12.0. The lowest BCUT2D eigenvalue weighted by Crippen LogP contribution is -2.37. The highest BCUT2D eigenvalue weighted by atomic mass is 32.1. The molecule has 110 valence electrons. The lowest BCUT2D eigenvalue weighted by molar-refractivity contribution is -0.153. The molecule has 1 fully saturated rings. The summed E-state index contributed by atoms with van der Waals surface area (Å²) in [5, 5.41) is 14.6. The first-order chi connectivity index (χ1) is 9.33. The third-order valence-corrected chi connectivity index (χ3v) is 4.83. The molecule has 1 saturated carbocycles. The summed E-state index contributed by atoms with van der Waals surface area (Å²) in [5.74, 6) is -0.804. The Bertz CT molecular complexity index is 522. The van der Waals surface area contributed by atoms with Gasteiger partial charge in [0.2, 0.25) is 5.91 Å². The van der Waals surface area contributed by atoms with Crippen LogP contribution in [0.25, 0.3) is 0 Å². The van der Waals surface area contributed by atoms with E-state index in [1.807, 2.05) is 19.2 Å². The number of nitrogens with one attached hydrogen (secondary N) is 1. The number of nitrogens with zero attached hydrogens (tertiary/aromatic N) is 1. The Morgan fingerprint density at radius 3 is 2.70 bits per heavy atom. The summed E-state index contributed by atoms with van der Waals surface area (Å²) in [5.41, 5.74) is -0.0177. The van der Waals surface area contributed by atoms with Gasteiger partial charge in [0.05, 0.1) is 11.1 Å². The zero-order valence-corrected chi connectivity index (χ0v) is 12.8. The first kappa shape index (κ1) is 15.0. The van der Waals surface area contributed by atoms with E-state index in [2.05, 4.69) is 10.3 Å². The van der Waals surface area contributed by atoms with E-state index < -0.39 is 11.4 Å². The number of amides is 1. The fraction of sp³-hybridized carbons (Fsp3) is 0.643. The Balaban J connectivity index is 1.98. The first-order valence-electron chi connectivity index (χ1n) is 6.81. The van der Waals surface area contributed by atoms with Gasteiger partial charge in [-0.1, -0.05) is 13.8 Å². The number of hydrogen-bond donors (Lipinski definition) is 2. The molecule has 1 heterocycles. The summed E-state index contributed by atoms with van der Waals surface area (Å²) in [6, 6.07) is 0. The molecular weight excluding hydrogens is 276 g/mol. The van der Waals surface area contributed by atoms with Crippen LogP contribution in [0.4, 0.5) is 5.13 Å². The van der Waals surface area contributed by atoms with Crippen LogP contribution in [0.15, 0.2) is 5.38 Å². The molecule has 1 aliphatic rings. The van der Waals surface area contributed by atoms with E-state index in [9.17, 15) is 14.7 Å². The third kappa shape index (κ3) is 3.17. The molecule has 5 nitrogen and oxygen atoms in total. The van der Waals surface area contributed by atoms with Crippen LogP contribution in [0.3, 0.4) is 0 Å². The molecule has 1 aliphatic carbocycles. The number of rotatable bonds is 6. The lowest BCUT2D eigenvalue weighted by atomic mass is 9.76. The second-order valence-corrected chi connectivity index (χ2v) is 6.81. The number of thiazole rings is 1. The van der Waals surface area contributed by atoms with Crippen LogP contribution in [-0.4, -0.2) is 22.0 Å².